The number of hydrogen-bond acceptors (Lipinski definition) is 2. The Morgan fingerprint density at radius 2 is 1.46 bits per heavy atom. The van der Waals surface area contributed by atoms with E-state index in [1.165, 1.54) is 0 Å². The van der Waals surface area contributed by atoms with Gasteiger partial charge >= 0.3 is 7.12 Å². The van der Waals surface area contributed by atoms with Gasteiger partial charge in [0.25, 0.3) is 0 Å². The second kappa shape index (κ2) is 4.04. The summed E-state index contributed by atoms with van der Waals surface area (Å²) in [5.41, 5.74) is -0.777. The lowest BCUT2D eigenvalue weighted by Gasteiger charge is -2.06. The lowest BCUT2D eigenvalue weighted by molar-refractivity contribution is 0.419. The fourth-order valence-corrected chi connectivity index (χ4v) is 2.01. The molecule has 1 rings (SSSR count). The molecule has 0 fully saturated rings. The summed E-state index contributed by atoms with van der Waals surface area (Å²) in [4.78, 5) is 0. The van der Waals surface area contributed by atoms with E-state index in [1.807, 2.05) is 0 Å². The largest absolute Gasteiger partial charge is 0.494 e. The van der Waals surface area contributed by atoms with Gasteiger partial charge in [0.2, 0.25) is 0 Å². The highest BCUT2D eigenvalue weighted by Crippen LogP contribution is 2.22. The molecule has 0 atom stereocenters. The molecular formula is C6H3BBr2F2O2. The van der Waals surface area contributed by atoms with Crippen LogP contribution in [-0.2, 0) is 0 Å². The van der Waals surface area contributed by atoms with E-state index in [0.717, 1.165) is 6.07 Å². The average Bonchev–Trinajstić information content (AvgIpc) is 2.01. The maximum atomic E-state index is 13.1. The van der Waals surface area contributed by atoms with Crippen molar-refractivity contribution in [2.75, 3.05) is 0 Å². The first-order chi connectivity index (χ1) is 5.95. The van der Waals surface area contributed by atoms with Crippen molar-refractivity contribution in [1.82, 2.24) is 0 Å². The van der Waals surface area contributed by atoms with E-state index in [2.05, 4.69) is 31.9 Å². The first-order valence-electron chi connectivity index (χ1n) is 3.14. The van der Waals surface area contributed by atoms with E-state index < -0.39 is 24.2 Å². The second-order valence-corrected chi connectivity index (χ2v) is 3.96. The number of benzene rings is 1. The third-order valence-electron chi connectivity index (χ3n) is 1.40. The van der Waals surface area contributed by atoms with Gasteiger partial charge in [-0.05, 0) is 37.9 Å². The average molecular weight is 316 g/mol. The summed E-state index contributed by atoms with van der Waals surface area (Å²) >= 11 is 5.61. The van der Waals surface area contributed by atoms with Gasteiger partial charge in [-0.2, -0.15) is 0 Å². The monoisotopic (exact) mass is 314 g/mol. The van der Waals surface area contributed by atoms with Crippen LogP contribution < -0.4 is 5.46 Å². The van der Waals surface area contributed by atoms with Crippen molar-refractivity contribution in [1.29, 1.82) is 0 Å². The first kappa shape index (κ1) is 11.1. The predicted molar refractivity (Wildman–Crippen MR) is 51.6 cm³/mol. The number of rotatable bonds is 1. The molecule has 70 valence electrons. The Morgan fingerprint density at radius 3 is 1.77 bits per heavy atom. The van der Waals surface area contributed by atoms with Gasteiger partial charge in [0.1, 0.15) is 11.6 Å². The van der Waals surface area contributed by atoms with Crippen molar-refractivity contribution in [3.05, 3.63) is 26.6 Å². The minimum absolute atomic E-state index is 0.0381. The van der Waals surface area contributed by atoms with E-state index in [0.29, 0.717) is 0 Å². The van der Waals surface area contributed by atoms with E-state index in [4.69, 9.17) is 10.0 Å². The molecule has 0 saturated heterocycles. The minimum atomic E-state index is -2.17. The lowest BCUT2D eigenvalue weighted by Crippen LogP contribution is -2.36. The minimum Gasteiger partial charge on any atom is -0.423 e. The molecule has 2 nitrogen and oxygen atoms in total. The van der Waals surface area contributed by atoms with Crippen molar-refractivity contribution in [3.8, 4) is 0 Å². The highest BCUT2D eigenvalue weighted by Gasteiger charge is 2.25. The Labute approximate surface area is 90.0 Å². The Bertz CT molecular complexity index is 320. The van der Waals surface area contributed by atoms with Crippen molar-refractivity contribution >= 4 is 44.4 Å². The predicted octanol–water partition coefficient (Wildman–Crippen LogP) is 1.17. The topological polar surface area (TPSA) is 40.5 Å². The van der Waals surface area contributed by atoms with Gasteiger partial charge in [-0.15, -0.1) is 0 Å². The summed E-state index contributed by atoms with van der Waals surface area (Å²) in [6.45, 7) is 0. The molecule has 0 aliphatic carbocycles. The fourth-order valence-electron chi connectivity index (χ4n) is 0.818. The summed E-state index contributed by atoms with van der Waals surface area (Å²) in [7, 11) is -2.17. The summed E-state index contributed by atoms with van der Waals surface area (Å²) in [6, 6.07) is 1.15. The quantitative estimate of drug-likeness (QED) is 0.603. The van der Waals surface area contributed by atoms with Gasteiger partial charge in [0, 0.05) is 0 Å². The number of hydrogen-bond donors (Lipinski definition) is 2. The van der Waals surface area contributed by atoms with Crippen LogP contribution in [0.4, 0.5) is 8.78 Å². The Hall–Kier alpha value is 0.0249. The van der Waals surface area contributed by atoms with Gasteiger partial charge in [-0.1, -0.05) is 0 Å². The molecule has 0 heterocycles. The van der Waals surface area contributed by atoms with Gasteiger partial charge in [0.15, 0.2) is 0 Å². The summed E-state index contributed by atoms with van der Waals surface area (Å²) in [5.74, 6) is -2.04. The van der Waals surface area contributed by atoms with Crippen LogP contribution in [0.15, 0.2) is 15.0 Å². The molecule has 7 heteroatoms. The molecule has 0 saturated carbocycles. The highest BCUT2D eigenvalue weighted by atomic mass is 79.9. The molecule has 0 aromatic heterocycles. The summed E-state index contributed by atoms with van der Waals surface area (Å²) in [6.07, 6.45) is 0. The fraction of sp³-hybridized carbons (Fsp3) is 0. The standard InChI is InChI=1S/C6H3BBr2F2O2/c8-2-1-3(9)6(11)4(5(2)10)7(12)13/h1,12-13H. The zero-order valence-electron chi connectivity index (χ0n) is 6.06. The van der Waals surface area contributed by atoms with E-state index in [-0.39, 0.29) is 8.95 Å². The van der Waals surface area contributed by atoms with E-state index in [1.54, 1.807) is 0 Å². The molecule has 0 bridgehead atoms. The zero-order chi connectivity index (χ0) is 10.2. The van der Waals surface area contributed by atoms with Crippen LogP contribution in [0.2, 0.25) is 0 Å². The molecule has 2 N–H and O–H groups in total. The smallest absolute Gasteiger partial charge is 0.423 e. The summed E-state index contributed by atoms with van der Waals surface area (Å²) in [5, 5.41) is 17.3. The van der Waals surface area contributed by atoms with Gasteiger partial charge in [-0.3, -0.25) is 0 Å². The molecule has 1 aromatic rings. The Morgan fingerprint density at radius 1 is 1.08 bits per heavy atom. The van der Waals surface area contributed by atoms with Crippen molar-refractivity contribution in [2.24, 2.45) is 0 Å². The summed E-state index contributed by atoms with van der Waals surface area (Å²) < 4.78 is 26.1. The second-order valence-electron chi connectivity index (χ2n) is 2.26. The molecule has 0 unspecified atom stereocenters. The normalized spacial score (nSPS) is 10.3. The van der Waals surface area contributed by atoms with Crippen LogP contribution in [0.5, 0.6) is 0 Å². The van der Waals surface area contributed by atoms with Crippen LogP contribution in [-0.4, -0.2) is 17.2 Å². The first-order valence-corrected chi connectivity index (χ1v) is 4.72. The van der Waals surface area contributed by atoms with Crippen LogP contribution in [0, 0.1) is 11.6 Å². The molecule has 0 aliphatic heterocycles. The molecule has 0 spiro atoms. The number of halogens is 4. The molecule has 0 radical (unpaired) electrons. The Balaban J connectivity index is 3.46. The highest BCUT2D eigenvalue weighted by molar-refractivity contribution is 9.11. The lowest BCUT2D eigenvalue weighted by atomic mass is 9.79. The van der Waals surface area contributed by atoms with E-state index in [9.17, 15) is 8.78 Å². The van der Waals surface area contributed by atoms with Crippen LogP contribution in [0.3, 0.4) is 0 Å². The molecule has 1 aromatic carbocycles. The van der Waals surface area contributed by atoms with Gasteiger partial charge in [0.05, 0.1) is 14.4 Å². The van der Waals surface area contributed by atoms with E-state index >= 15 is 0 Å². The molecule has 0 aliphatic rings. The van der Waals surface area contributed by atoms with Crippen LogP contribution in [0.25, 0.3) is 0 Å². The molecule has 13 heavy (non-hydrogen) atoms. The Kier molecular flexibility index (Phi) is 3.45. The van der Waals surface area contributed by atoms with Crippen LogP contribution in [0.1, 0.15) is 0 Å². The zero-order valence-corrected chi connectivity index (χ0v) is 9.23. The molecular weight excluding hydrogens is 313 g/mol. The van der Waals surface area contributed by atoms with Gasteiger partial charge in [-0.25, -0.2) is 8.78 Å². The maximum Gasteiger partial charge on any atom is 0.494 e. The third-order valence-corrected chi connectivity index (χ3v) is 2.56. The van der Waals surface area contributed by atoms with Crippen molar-refractivity contribution in [2.45, 2.75) is 0 Å². The van der Waals surface area contributed by atoms with Crippen molar-refractivity contribution < 1.29 is 18.8 Å². The van der Waals surface area contributed by atoms with Crippen LogP contribution >= 0.6 is 31.9 Å². The van der Waals surface area contributed by atoms with Crippen molar-refractivity contribution in [3.63, 3.8) is 0 Å². The molecule has 0 amide bonds. The maximum absolute atomic E-state index is 13.1. The van der Waals surface area contributed by atoms with Gasteiger partial charge < -0.3 is 10.0 Å². The third kappa shape index (κ3) is 2.09. The SMILES string of the molecule is OB(O)c1c(F)c(Br)cc(Br)c1F.